The van der Waals surface area contributed by atoms with Crippen LogP contribution in [0.3, 0.4) is 0 Å². The van der Waals surface area contributed by atoms with Crippen LogP contribution in [-0.4, -0.2) is 35.0 Å². The summed E-state index contributed by atoms with van der Waals surface area (Å²) < 4.78 is 0. The van der Waals surface area contributed by atoms with Crippen molar-refractivity contribution < 1.29 is 14.7 Å². The number of carbonyl (C=O) groups is 2. The van der Waals surface area contributed by atoms with Crippen LogP contribution in [0.1, 0.15) is 24.8 Å². The molecule has 0 aromatic heterocycles. The van der Waals surface area contributed by atoms with Crippen molar-refractivity contribution in [2.24, 2.45) is 0 Å². The number of hydrogen-bond acceptors (Lipinski definition) is 2. The number of benzene rings is 1. The van der Waals surface area contributed by atoms with Gasteiger partial charge in [-0.2, -0.15) is 0 Å². The highest BCUT2D eigenvalue weighted by molar-refractivity contribution is 6.30. The van der Waals surface area contributed by atoms with Gasteiger partial charge in [0.05, 0.1) is 0 Å². The first kappa shape index (κ1) is 17.2. The topological polar surface area (TPSA) is 57.6 Å². The number of likely N-dealkylation sites (N-methyl/N-ethyl adjacent to an activating group) is 1. The minimum atomic E-state index is -0.988. The number of hydrogen-bond donors (Lipinski definition) is 1. The normalized spacial score (nSPS) is 11.7. The average molecular weight is 310 g/mol. The van der Waals surface area contributed by atoms with Crippen LogP contribution in [0.2, 0.25) is 5.02 Å². The molecule has 1 N–H and O–H groups in total. The smallest absolute Gasteiger partial charge is 0.326 e. The number of carboxylic acids is 1. The standard InChI is InChI=1S/C16H20ClNO3/c1-3-4-5-15(19)18(2)14(16(20)21)11-8-12-6-9-13(17)10-7-12/h3,6-7,9-10,14H,1,4-5,8,11H2,2H3,(H,20,21)/t14-/m0/s1. The van der Waals surface area contributed by atoms with E-state index in [1.807, 2.05) is 12.1 Å². The second kappa shape index (κ2) is 8.47. The van der Waals surface area contributed by atoms with Crippen molar-refractivity contribution >= 4 is 23.5 Å². The van der Waals surface area contributed by atoms with Crippen LogP contribution in [0, 0.1) is 0 Å². The van der Waals surface area contributed by atoms with E-state index in [1.165, 1.54) is 11.9 Å². The van der Waals surface area contributed by atoms with Crippen molar-refractivity contribution in [1.29, 1.82) is 0 Å². The van der Waals surface area contributed by atoms with E-state index in [0.717, 1.165) is 5.56 Å². The fraction of sp³-hybridized carbons (Fsp3) is 0.375. The summed E-state index contributed by atoms with van der Waals surface area (Å²) >= 11 is 5.81. The van der Waals surface area contributed by atoms with Gasteiger partial charge in [-0.05, 0) is 37.0 Å². The maximum atomic E-state index is 11.9. The molecule has 1 atom stereocenters. The molecule has 0 fully saturated rings. The van der Waals surface area contributed by atoms with Gasteiger partial charge in [-0.1, -0.05) is 29.8 Å². The van der Waals surface area contributed by atoms with Crippen molar-refractivity contribution in [3.05, 3.63) is 47.5 Å². The molecule has 0 aliphatic heterocycles. The van der Waals surface area contributed by atoms with Crippen LogP contribution in [0.15, 0.2) is 36.9 Å². The predicted molar refractivity (Wildman–Crippen MR) is 83.4 cm³/mol. The highest BCUT2D eigenvalue weighted by Crippen LogP contribution is 2.14. The molecule has 0 bridgehead atoms. The van der Waals surface area contributed by atoms with Crippen molar-refractivity contribution in [2.75, 3.05) is 7.05 Å². The minimum absolute atomic E-state index is 0.182. The number of nitrogens with zero attached hydrogens (tertiary/aromatic N) is 1. The Kier molecular flexibility index (Phi) is 6.96. The summed E-state index contributed by atoms with van der Waals surface area (Å²) in [5, 5.41) is 9.95. The number of aliphatic carboxylic acids is 1. The molecule has 1 rings (SSSR count). The third kappa shape index (κ3) is 5.60. The molecule has 4 nitrogen and oxygen atoms in total. The van der Waals surface area contributed by atoms with Gasteiger partial charge in [-0.3, -0.25) is 4.79 Å². The number of carbonyl (C=O) groups excluding carboxylic acids is 1. The molecule has 114 valence electrons. The molecule has 0 saturated heterocycles. The second-order valence-electron chi connectivity index (χ2n) is 4.85. The number of allylic oxidation sites excluding steroid dienone is 1. The zero-order valence-electron chi connectivity index (χ0n) is 12.1. The van der Waals surface area contributed by atoms with Crippen LogP contribution in [-0.2, 0) is 16.0 Å². The third-order valence-corrected chi connectivity index (χ3v) is 3.58. The molecular formula is C16H20ClNO3. The van der Waals surface area contributed by atoms with E-state index >= 15 is 0 Å². The summed E-state index contributed by atoms with van der Waals surface area (Å²) in [7, 11) is 1.53. The molecule has 0 aliphatic rings. The first-order chi connectivity index (χ1) is 9.95. The van der Waals surface area contributed by atoms with E-state index in [-0.39, 0.29) is 12.3 Å². The molecule has 1 aromatic carbocycles. The molecule has 0 saturated carbocycles. The van der Waals surface area contributed by atoms with E-state index in [2.05, 4.69) is 6.58 Å². The van der Waals surface area contributed by atoms with Crippen LogP contribution in [0.5, 0.6) is 0 Å². The molecular weight excluding hydrogens is 290 g/mol. The van der Waals surface area contributed by atoms with Gasteiger partial charge in [0.25, 0.3) is 0 Å². The molecule has 5 heteroatoms. The first-order valence-corrected chi connectivity index (χ1v) is 7.17. The quantitative estimate of drug-likeness (QED) is 0.750. The zero-order valence-corrected chi connectivity index (χ0v) is 12.8. The van der Waals surface area contributed by atoms with E-state index < -0.39 is 12.0 Å². The van der Waals surface area contributed by atoms with E-state index in [9.17, 15) is 14.7 Å². The predicted octanol–water partition coefficient (Wildman–Crippen LogP) is 3.15. The highest BCUT2D eigenvalue weighted by Gasteiger charge is 2.25. The Hall–Kier alpha value is -1.81. The Morgan fingerprint density at radius 2 is 2.00 bits per heavy atom. The molecule has 1 amide bonds. The zero-order chi connectivity index (χ0) is 15.8. The largest absolute Gasteiger partial charge is 0.480 e. The SMILES string of the molecule is C=CCCC(=O)N(C)[C@@H](CCc1ccc(Cl)cc1)C(=O)O. The van der Waals surface area contributed by atoms with Crippen molar-refractivity contribution in [3.8, 4) is 0 Å². The summed E-state index contributed by atoms with van der Waals surface area (Å²) in [6, 6.07) is 6.44. The Balaban J connectivity index is 2.64. The number of halogens is 1. The molecule has 1 aromatic rings. The molecule has 21 heavy (non-hydrogen) atoms. The third-order valence-electron chi connectivity index (χ3n) is 3.33. The van der Waals surface area contributed by atoms with Crippen molar-refractivity contribution in [3.63, 3.8) is 0 Å². The van der Waals surface area contributed by atoms with Gasteiger partial charge in [-0.25, -0.2) is 4.79 Å². The van der Waals surface area contributed by atoms with Gasteiger partial charge in [0.15, 0.2) is 0 Å². The Bertz CT molecular complexity index is 499. The van der Waals surface area contributed by atoms with Crippen LogP contribution in [0.25, 0.3) is 0 Å². The van der Waals surface area contributed by atoms with Gasteiger partial charge in [0, 0.05) is 18.5 Å². The second-order valence-corrected chi connectivity index (χ2v) is 5.29. The fourth-order valence-corrected chi connectivity index (χ4v) is 2.14. The first-order valence-electron chi connectivity index (χ1n) is 6.79. The number of rotatable bonds is 8. The molecule has 0 heterocycles. The molecule has 0 aliphatic carbocycles. The van der Waals surface area contributed by atoms with Gasteiger partial charge in [0.1, 0.15) is 6.04 Å². The summed E-state index contributed by atoms with van der Waals surface area (Å²) in [6.45, 7) is 3.56. The Labute approximate surface area is 130 Å². The summed E-state index contributed by atoms with van der Waals surface area (Å²) in [4.78, 5) is 24.6. The van der Waals surface area contributed by atoms with Gasteiger partial charge in [-0.15, -0.1) is 6.58 Å². The lowest BCUT2D eigenvalue weighted by molar-refractivity contribution is -0.149. The maximum absolute atomic E-state index is 11.9. The van der Waals surface area contributed by atoms with Crippen LogP contribution < -0.4 is 0 Å². The van der Waals surface area contributed by atoms with Crippen LogP contribution in [0.4, 0.5) is 0 Å². The fourth-order valence-electron chi connectivity index (χ4n) is 2.01. The number of carboxylic acid groups (broad SMARTS) is 1. The Morgan fingerprint density at radius 1 is 1.38 bits per heavy atom. The lowest BCUT2D eigenvalue weighted by atomic mass is 10.0. The highest BCUT2D eigenvalue weighted by atomic mass is 35.5. The maximum Gasteiger partial charge on any atom is 0.326 e. The van der Waals surface area contributed by atoms with Gasteiger partial charge < -0.3 is 10.0 Å². The number of aryl methyl sites for hydroxylation is 1. The molecule has 0 unspecified atom stereocenters. The summed E-state index contributed by atoms with van der Waals surface area (Å²) in [6.07, 6.45) is 3.42. The summed E-state index contributed by atoms with van der Waals surface area (Å²) in [5.74, 6) is -1.17. The molecule has 0 radical (unpaired) electrons. The van der Waals surface area contributed by atoms with Crippen LogP contribution >= 0.6 is 11.6 Å². The lowest BCUT2D eigenvalue weighted by Gasteiger charge is -2.25. The van der Waals surface area contributed by atoms with Gasteiger partial charge in [0.2, 0.25) is 5.91 Å². The monoisotopic (exact) mass is 309 g/mol. The van der Waals surface area contributed by atoms with Gasteiger partial charge >= 0.3 is 5.97 Å². The number of amides is 1. The van der Waals surface area contributed by atoms with E-state index in [1.54, 1.807) is 18.2 Å². The van der Waals surface area contributed by atoms with E-state index in [4.69, 9.17) is 11.6 Å². The minimum Gasteiger partial charge on any atom is -0.480 e. The van der Waals surface area contributed by atoms with E-state index in [0.29, 0.717) is 24.3 Å². The molecule has 0 spiro atoms. The Morgan fingerprint density at radius 3 is 2.52 bits per heavy atom. The lowest BCUT2D eigenvalue weighted by Crippen LogP contribution is -2.42. The van der Waals surface area contributed by atoms with Crippen molar-refractivity contribution in [1.82, 2.24) is 4.90 Å². The average Bonchev–Trinajstić information content (AvgIpc) is 2.46. The summed E-state index contributed by atoms with van der Waals surface area (Å²) in [5.41, 5.74) is 0.998. The van der Waals surface area contributed by atoms with Crippen molar-refractivity contribution in [2.45, 2.75) is 31.7 Å².